The minimum atomic E-state index is -1.25. The largest absolute Gasteiger partial charge is 0.496 e. The highest BCUT2D eigenvalue weighted by atomic mass is 16.6. The van der Waals surface area contributed by atoms with Crippen LogP contribution >= 0.6 is 0 Å². The van der Waals surface area contributed by atoms with Crippen LogP contribution in [0.15, 0.2) is 66.7 Å². The van der Waals surface area contributed by atoms with Crippen molar-refractivity contribution in [3.63, 3.8) is 0 Å². The van der Waals surface area contributed by atoms with Crippen LogP contribution in [0.4, 0.5) is 5.69 Å². The molecule has 0 radical (unpaired) electrons. The minimum absolute atomic E-state index is 0.0574. The van der Waals surface area contributed by atoms with Crippen molar-refractivity contribution >= 4 is 17.2 Å². The van der Waals surface area contributed by atoms with Gasteiger partial charge in [0.25, 0.3) is 0 Å². The number of rotatable bonds is 4. The second kappa shape index (κ2) is 7.94. The lowest BCUT2D eigenvalue weighted by Crippen LogP contribution is -2.47. The van der Waals surface area contributed by atoms with Crippen LogP contribution in [0.2, 0.25) is 0 Å². The molecule has 1 atom stereocenters. The second-order valence-electron chi connectivity index (χ2n) is 9.33. The van der Waals surface area contributed by atoms with E-state index in [0.29, 0.717) is 12.4 Å². The van der Waals surface area contributed by atoms with E-state index in [-0.39, 0.29) is 11.4 Å². The summed E-state index contributed by atoms with van der Waals surface area (Å²) in [5.41, 5.74) is 5.31. The Balaban J connectivity index is 1.95. The van der Waals surface area contributed by atoms with E-state index in [9.17, 15) is 5.41 Å². The van der Waals surface area contributed by atoms with E-state index in [1.54, 1.807) is 7.11 Å². The zero-order chi connectivity index (χ0) is 24.1. The molecule has 174 valence electrons. The highest BCUT2D eigenvalue weighted by Crippen LogP contribution is 2.56. The summed E-state index contributed by atoms with van der Waals surface area (Å²) >= 11 is 0. The number of fused-ring (bicyclic) bond motifs is 5. The van der Waals surface area contributed by atoms with Crippen molar-refractivity contribution in [2.75, 3.05) is 19.0 Å². The highest BCUT2D eigenvalue weighted by Gasteiger charge is 2.51. The Kier molecular flexibility index (Phi) is 5.16. The van der Waals surface area contributed by atoms with Crippen LogP contribution in [0.3, 0.4) is 0 Å². The quantitative estimate of drug-likeness (QED) is 0.343. The molecule has 0 bridgehead atoms. The predicted molar refractivity (Wildman–Crippen MR) is 137 cm³/mol. The van der Waals surface area contributed by atoms with Crippen LogP contribution in [0.5, 0.6) is 11.5 Å². The third kappa shape index (κ3) is 3.18. The van der Waals surface area contributed by atoms with E-state index >= 15 is 0 Å². The van der Waals surface area contributed by atoms with Crippen molar-refractivity contribution in [3.8, 4) is 22.6 Å². The summed E-state index contributed by atoms with van der Waals surface area (Å²) < 4.78 is 18.6. The van der Waals surface area contributed by atoms with Gasteiger partial charge in [0.1, 0.15) is 11.5 Å². The number of hydrogen-bond acceptors (Lipinski definition) is 5. The summed E-state index contributed by atoms with van der Waals surface area (Å²) in [5.74, 6) is 1.45. The Morgan fingerprint density at radius 1 is 1.00 bits per heavy atom. The van der Waals surface area contributed by atoms with Gasteiger partial charge in [-0.1, -0.05) is 48.5 Å². The van der Waals surface area contributed by atoms with E-state index < -0.39 is 5.60 Å². The second-order valence-corrected chi connectivity index (χ2v) is 9.33. The van der Waals surface area contributed by atoms with Gasteiger partial charge in [-0.3, -0.25) is 5.41 Å². The first-order valence-corrected chi connectivity index (χ1v) is 11.6. The summed E-state index contributed by atoms with van der Waals surface area (Å²) in [7, 11) is 1.67. The number of anilines is 1. The molecule has 34 heavy (non-hydrogen) atoms. The van der Waals surface area contributed by atoms with E-state index in [0.717, 1.165) is 44.8 Å². The van der Waals surface area contributed by atoms with Gasteiger partial charge in [0.05, 0.1) is 24.8 Å². The third-order valence-electron chi connectivity index (χ3n) is 6.51. The van der Waals surface area contributed by atoms with Crippen molar-refractivity contribution < 1.29 is 14.2 Å². The molecule has 2 aliphatic rings. The molecule has 0 aromatic heterocycles. The first-order chi connectivity index (χ1) is 16.3. The van der Waals surface area contributed by atoms with Gasteiger partial charge >= 0.3 is 0 Å². The van der Waals surface area contributed by atoms with E-state index in [2.05, 4.69) is 44.3 Å². The molecule has 2 aliphatic heterocycles. The molecule has 0 saturated carbocycles. The molecular formula is C29H30N2O3. The highest BCUT2D eigenvalue weighted by molar-refractivity contribution is 6.00. The van der Waals surface area contributed by atoms with Gasteiger partial charge in [0, 0.05) is 22.4 Å². The van der Waals surface area contributed by atoms with Crippen molar-refractivity contribution in [1.82, 2.24) is 0 Å². The molecule has 2 heterocycles. The molecule has 0 fully saturated rings. The van der Waals surface area contributed by atoms with Crippen molar-refractivity contribution in [2.45, 2.75) is 38.8 Å². The van der Waals surface area contributed by atoms with Crippen LogP contribution in [0.1, 0.15) is 44.4 Å². The Morgan fingerprint density at radius 3 is 2.47 bits per heavy atom. The first kappa shape index (κ1) is 22.1. The lowest BCUT2D eigenvalue weighted by atomic mass is 9.73. The fraction of sp³-hybridized carbons (Fsp3) is 0.276. The fourth-order valence-corrected chi connectivity index (χ4v) is 5.35. The lowest BCUT2D eigenvalue weighted by Gasteiger charge is -2.43. The number of benzene rings is 3. The Bertz CT molecular complexity index is 1310. The van der Waals surface area contributed by atoms with Crippen LogP contribution in [0.25, 0.3) is 16.7 Å². The molecule has 3 aromatic rings. The van der Waals surface area contributed by atoms with Gasteiger partial charge in [-0.15, -0.1) is 0 Å². The Hall–Kier alpha value is -3.73. The first-order valence-electron chi connectivity index (χ1n) is 11.6. The Labute approximate surface area is 200 Å². The molecule has 2 N–H and O–H groups in total. The summed E-state index contributed by atoms with van der Waals surface area (Å²) in [6, 6.07) is 19.9. The maximum atomic E-state index is 9.18. The van der Waals surface area contributed by atoms with Crippen molar-refractivity contribution in [3.05, 3.63) is 83.4 Å². The number of nitrogens with one attached hydrogen (secondary N) is 2. The smallest absolute Gasteiger partial charge is 0.235 e. The molecule has 5 heteroatoms. The van der Waals surface area contributed by atoms with Crippen LogP contribution in [0, 0.1) is 5.41 Å². The van der Waals surface area contributed by atoms with Gasteiger partial charge in [-0.2, -0.15) is 0 Å². The maximum Gasteiger partial charge on any atom is 0.235 e. The molecule has 0 spiro atoms. The van der Waals surface area contributed by atoms with Gasteiger partial charge in [0.2, 0.25) is 11.5 Å². The van der Waals surface area contributed by atoms with Crippen molar-refractivity contribution in [2.24, 2.45) is 0 Å². The molecule has 3 aromatic carbocycles. The van der Waals surface area contributed by atoms with Gasteiger partial charge < -0.3 is 19.5 Å². The number of allylic oxidation sites excluding steroid dienone is 1. The molecule has 0 saturated heterocycles. The number of hydrogen-bond donors (Lipinski definition) is 2. The van der Waals surface area contributed by atoms with Gasteiger partial charge in [-0.25, -0.2) is 0 Å². The average Bonchev–Trinajstić information content (AvgIpc) is 2.82. The van der Waals surface area contributed by atoms with Gasteiger partial charge in [0.15, 0.2) is 0 Å². The zero-order valence-electron chi connectivity index (χ0n) is 20.3. The predicted octanol–water partition coefficient (Wildman–Crippen LogP) is 6.62. The van der Waals surface area contributed by atoms with Crippen LogP contribution in [-0.2, 0) is 10.3 Å². The monoisotopic (exact) mass is 454 g/mol. The number of ether oxygens (including phenoxy) is 3. The molecule has 5 nitrogen and oxygen atoms in total. The minimum Gasteiger partial charge on any atom is -0.496 e. The molecule has 1 unspecified atom stereocenters. The summed E-state index contributed by atoms with van der Waals surface area (Å²) in [6.45, 7) is 8.69. The molecule has 0 amide bonds. The molecular weight excluding hydrogens is 424 g/mol. The van der Waals surface area contributed by atoms with Gasteiger partial charge in [-0.05, 0) is 57.0 Å². The lowest BCUT2D eigenvalue weighted by molar-refractivity contribution is 0.136. The fourth-order valence-electron chi connectivity index (χ4n) is 5.35. The molecule has 5 rings (SSSR count). The standard InChI is InChI=1S/C29H30N2O3/c1-6-33-27(30)29(19-11-8-7-9-12-19)26-20(25-22(32-5)13-10-14-23(25)34-29)15-16-21-24(26)18(2)17-28(3,4)31-21/h7-17,30-31H,6H2,1-5H3. The Morgan fingerprint density at radius 2 is 1.76 bits per heavy atom. The topological polar surface area (TPSA) is 63.6 Å². The van der Waals surface area contributed by atoms with Crippen molar-refractivity contribution in [1.29, 1.82) is 5.41 Å². The maximum absolute atomic E-state index is 9.18. The van der Waals surface area contributed by atoms with E-state index in [1.807, 2.05) is 55.5 Å². The number of methoxy groups -OCH3 is 1. The van der Waals surface area contributed by atoms with Crippen LogP contribution < -0.4 is 14.8 Å². The van der Waals surface area contributed by atoms with E-state index in [4.69, 9.17) is 14.2 Å². The average molecular weight is 455 g/mol. The zero-order valence-corrected chi connectivity index (χ0v) is 20.3. The normalized spacial score (nSPS) is 19.4. The summed E-state index contributed by atoms with van der Waals surface area (Å²) in [6.07, 6.45) is 2.23. The summed E-state index contributed by atoms with van der Waals surface area (Å²) in [4.78, 5) is 0. The summed E-state index contributed by atoms with van der Waals surface area (Å²) in [5, 5.41) is 12.8. The SMILES string of the molecule is CCOC(=N)C1(c2ccccc2)Oc2cccc(OC)c2-c2ccc3c(c21)C(C)=CC(C)(C)N3. The molecule has 0 aliphatic carbocycles. The third-order valence-corrected chi connectivity index (χ3v) is 6.51. The van der Waals surface area contributed by atoms with Crippen LogP contribution in [-0.4, -0.2) is 25.2 Å². The van der Waals surface area contributed by atoms with E-state index in [1.165, 1.54) is 0 Å².